The number of carbonyl (C=O) groups is 1. The summed E-state index contributed by atoms with van der Waals surface area (Å²) in [4.78, 5) is 31.5. The van der Waals surface area contributed by atoms with Gasteiger partial charge in [-0.2, -0.15) is 0 Å². The van der Waals surface area contributed by atoms with Crippen molar-refractivity contribution in [3.63, 3.8) is 0 Å². The van der Waals surface area contributed by atoms with E-state index in [1.165, 1.54) is 20.1 Å². The van der Waals surface area contributed by atoms with Crippen LogP contribution >= 0.6 is 0 Å². The van der Waals surface area contributed by atoms with E-state index in [0.29, 0.717) is 5.56 Å². The first-order chi connectivity index (χ1) is 7.51. The van der Waals surface area contributed by atoms with E-state index in [1.54, 1.807) is 0 Å². The summed E-state index contributed by atoms with van der Waals surface area (Å²) >= 11 is 0. The molecule has 0 unspecified atom stereocenters. The molecule has 0 amide bonds. The van der Waals surface area contributed by atoms with E-state index in [2.05, 4.69) is 9.91 Å². The van der Waals surface area contributed by atoms with Crippen LogP contribution in [0.25, 0.3) is 0 Å². The van der Waals surface area contributed by atoms with E-state index in [-0.39, 0.29) is 11.3 Å². The van der Waals surface area contributed by atoms with Gasteiger partial charge in [-0.3, -0.25) is 10.1 Å². The number of rotatable bonds is 3. The Balaban J connectivity index is 3.44. The van der Waals surface area contributed by atoms with Crippen LogP contribution in [0.3, 0.4) is 0 Å². The molecule has 0 radical (unpaired) electrons. The molecule has 0 bridgehead atoms. The fourth-order valence-corrected chi connectivity index (χ4v) is 1.23. The number of esters is 1. The summed E-state index contributed by atoms with van der Waals surface area (Å²) in [6, 6.07) is 2.16. The van der Waals surface area contributed by atoms with Gasteiger partial charge < -0.3 is 4.74 Å². The quantitative estimate of drug-likeness (QED) is 0.338. The molecule has 0 saturated heterocycles. The lowest BCUT2D eigenvalue weighted by Gasteiger charge is -2.04. The second kappa shape index (κ2) is 4.47. The van der Waals surface area contributed by atoms with Gasteiger partial charge in [0.25, 0.3) is 5.69 Å². The monoisotopic (exact) mass is 224 g/mol. The zero-order valence-electron chi connectivity index (χ0n) is 8.59. The number of nitro groups is 1. The minimum atomic E-state index is -0.775. The SMILES string of the molecule is COC(=O)c1cc([N+](=O)[O-])c(N=O)cc1C. The number of hydrogen-bond donors (Lipinski definition) is 0. The van der Waals surface area contributed by atoms with Crippen molar-refractivity contribution in [2.24, 2.45) is 5.18 Å². The van der Waals surface area contributed by atoms with Gasteiger partial charge in [-0.1, -0.05) is 0 Å². The number of nitro benzene ring substituents is 1. The highest BCUT2D eigenvalue weighted by Crippen LogP contribution is 2.30. The average molecular weight is 224 g/mol. The van der Waals surface area contributed by atoms with Crippen LogP contribution in [0.4, 0.5) is 11.4 Å². The van der Waals surface area contributed by atoms with Crippen LogP contribution in [0.15, 0.2) is 17.3 Å². The molecule has 0 spiro atoms. The molecule has 0 fully saturated rings. The predicted octanol–water partition coefficient (Wildman–Crippen LogP) is 2.09. The number of methoxy groups -OCH3 is 1. The Kier molecular flexibility index (Phi) is 3.29. The topological polar surface area (TPSA) is 98.9 Å². The van der Waals surface area contributed by atoms with Crippen LogP contribution in [-0.4, -0.2) is 18.0 Å². The molecule has 84 valence electrons. The summed E-state index contributed by atoms with van der Waals surface area (Å²) in [5.41, 5.74) is -0.384. The van der Waals surface area contributed by atoms with Crippen molar-refractivity contribution in [2.75, 3.05) is 7.11 Å². The van der Waals surface area contributed by atoms with Crippen molar-refractivity contribution in [1.82, 2.24) is 0 Å². The summed E-state index contributed by atoms with van der Waals surface area (Å²) in [6.07, 6.45) is 0. The number of aryl methyl sites for hydroxylation is 1. The van der Waals surface area contributed by atoms with Gasteiger partial charge in [0.15, 0.2) is 5.69 Å². The fourth-order valence-electron chi connectivity index (χ4n) is 1.23. The second-order valence-corrected chi connectivity index (χ2v) is 3.00. The molecule has 0 aliphatic heterocycles. The van der Waals surface area contributed by atoms with Gasteiger partial charge >= 0.3 is 5.97 Å². The van der Waals surface area contributed by atoms with Crippen molar-refractivity contribution in [3.05, 3.63) is 38.3 Å². The van der Waals surface area contributed by atoms with Crippen LogP contribution in [-0.2, 0) is 4.74 Å². The first kappa shape index (κ1) is 11.8. The van der Waals surface area contributed by atoms with Crippen LogP contribution in [0.5, 0.6) is 0 Å². The van der Waals surface area contributed by atoms with Gasteiger partial charge in [-0.15, -0.1) is 4.91 Å². The van der Waals surface area contributed by atoms with Crippen molar-refractivity contribution in [3.8, 4) is 0 Å². The largest absolute Gasteiger partial charge is 0.465 e. The molecule has 7 nitrogen and oxygen atoms in total. The Labute approximate surface area is 90.1 Å². The first-order valence-electron chi connectivity index (χ1n) is 4.22. The number of nitrogens with zero attached hydrogens (tertiary/aromatic N) is 2. The highest BCUT2D eigenvalue weighted by Gasteiger charge is 2.21. The summed E-state index contributed by atoms with van der Waals surface area (Å²) in [5.74, 6) is -0.696. The van der Waals surface area contributed by atoms with Crippen LogP contribution < -0.4 is 0 Å². The smallest absolute Gasteiger partial charge is 0.338 e. The van der Waals surface area contributed by atoms with Crippen LogP contribution in [0, 0.1) is 21.9 Å². The standard InChI is InChI=1S/C9H8N2O5/c1-5-3-7(10-13)8(11(14)15)4-6(5)9(12)16-2/h3-4H,1-2H3. The zero-order valence-corrected chi connectivity index (χ0v) is 8.59. The molecule has 0 aliphatic rings. The molecule has 0 heterocycles. The number of benzene rings is 1. The molecule has 0 saturated carbocycles. The Morgan fingerprint density at radius 1 is 1.50 bits per heavy atom. The molecule has 0 aliphatic carbocycles. The van der Waals surface area contributed by atoms with Gasteiger partial charge in [0, 0.05) is 6.07 Å². The third-order valence-corrected chi connectivity index (χ3v) is 2.02. The maximum Gasteiger partial charge on any atom is 0.338 e. The minimum Gasteiger partial charge on any atom is -0.465 e. The molecule has 0 N–H and O–H groups in total. The Hall–Kier alpha value is -2.31. The molecule has 16 heavy (non-hydrogen) atoms. The minimum absolute atomic E-state index is 0.0431. The Bertz CT molecular complexity index is 469. The Morgan fingerprint density at radius 2 is 2.12 bits per heavy atom. The van der Waals surface area contributed by atoms with Crippen molar-refractivity contribution >= 4 is 17.3 Å². The lowest BCUT2D eigenvalue weighted by Crippen LogP contribution is -2.04. The van der Waals surface area contributed by atoms with Gasteiger partial charge in [0.2, 0.25) is 0 Å². The third kappa shape index (κ3) is 2.02. The van der Waals surface area contributed by atoms with Gasteiger partial charge in [-0.25, -0.2) is 4.79 Å². The van der Waals surface area contributed by atoms with Crippen molar-refractivity contribution < 1.29 is 14.5 Å². The molecule has 0 aromatic heterocycles. The van der Waals surface area contributed by atoms with Gasteiger partial charge in [0.05, 0.1) is 17.6 Å². The highest BCUT2D eigenvalue weighted by molar-refractivity contribution is 5.92. The summed E-state index contributed by atoms with van der Waals surface area (Å²) in [6.45, 7) is 1.53. The molecule has 1 aromatic rings. The van der Waals surface area contributed by atoms with E-state index in [0.717, 1.165) is 6.07 Å². The number of carbonyl (C=O) groups excluding carboxylic acids is 1. The zero-order chi connectivity index (χ0) is 12.3. The maximum absolute atomic E-state index is 11.3. The third-order valence-electron chi connectivity index (χ3n) is 2.02. The van der Waals surface area contributed by atoms with E-state index >= 15 is 0 Å². The number of hydrogen-bond acceptors (Lipinski definition) is 6. The number of nitroso groups, excluding NO2 is 1. The summed E-state index contributed by atoms with van der Waals surface area (Å²) in [5, 5.41) is 13.1. The highest BCUT2D eigenvalue weighted by atomic mass is 16.6. The maximum atomic E-state index is 11.3. The molecular weight excluding hydrogens is 216 g/mol. The van der Waals surface area contributed by atoms with Gasteiger partial charge in [0.1, 0.15) is 0 Å². The fraction of sp³-hybridized carbons (Fsp3) is 0.222. The van der Waals surface area contributed by atoms with Crippen LogP contribution in [0.2, 0.25) is 0 Å². The van der Waals surface area contributed by atoms with E-state index in [9.17, 15) is 19.8 Å². The van der Waals surface area contributed by atoms with E-state index in [4.69, 9.17) is 0 Å². The summed E-state index contributed by atoms with van der Waals surface area (Å²) in [7, 11) is 1.17. The van der Waals surface area contributed by atoms with E-state index in [1.807, 2.05) is 0 Å². The van der Waals surface area contributed by atoms with Crippen molar-refractivity contribution in [1.29, 1.82) is 0 Å². The van der Waals surface area contributed by atoms with Gasteiger partial charge in [-0.05, 0) is 23.7 Å². The normalized spacial score (nSPS) is 9.62. The lowest BCUT2D eigenvalue weighted by molar-refractivity contribution is -0.384. The first-order valence-corrected chi connectivity index (χ1v) is 4.22. The van der Waals surface area contributed by atoms with Crippen molar-refractivity contribution in [2.45, 2.75) is 6.92 Å². The molecule has 1 rings (SSSR count). The molecule has 1 aromatic carbocycles. The molecule has 0 atom stereocenters. The average Bonchev–Trinajstić information content (AvgIpc) is 2.27. The van der Waals surface area contributed by atoms with Crippen LogP contribution in [0.1, 0.15) is 15.9 Å². The molecular formula is C9H8N2O5. The summed E-state index contributed by atoms with van der Waals surface area (Å²) < 4.78 is 4.46. The second-order valence-electron chi connectivity index (χ2n) is 3.00. The Morgan fingerprint density at radius 3 is 2.56 bits per heavy atom. The lowest BCUT2D eigenvalue weighted by atomic mass is 10.1. The number of ether oxygens (including phenoxy) is 1. The van der Waals surface area contributed by atoms with E-state index < -0.39 is 16.6 Å². The molecule has 7 heteroatoms. The predicted molar refractivity (Wildman–Crippen MR) is 54.6 cm³/mol.